The maximum absolute atomic E-state index is 12.5. The Labute approximate surface area is 118 Å². The van der Waals surface area contributed by atoms with Gasteiger partial charge in [0.15, 0.2) is 6.10 Å². The summed E-state index contributed by atoms with van der Waals surface area (Å²) in [5.74, 6) is 1.49. The Bertz CT molecular complexity index is 671. The molecule has 0 bridgehead atoms. The number of Topliss-reactive ketones (excluding diaryl/α,β-unsaturated/α-hetero) is 1. The number of hydrogen-bond acceptors (Lipinski definition) is 3. The molecule has 0 aliphatic carbocycles. The van der Waals surface area contributed by atoms with Gasteiger partial charge in [0.25, 0.3) is 0 Å². The monoisotopic (exact) mass is 268 g/mol. The summed E-state index contributed by atoms with van der Waals surface area (Å²) in [6.07, 6.45) is -0.545. The number of benzene rings is 2. The first kappa shape index (κ1) is 12.7. The lowest BCUT2D eigenvalue weighted by atomic mass is 9.97. The predicted molar refractivity (Wildman–Crippen MR) is 76.6 cm³/mol. The molecule has 2 aromatic carbocycles. The Morgan fingerprint density at radius 2 is 1.80 bits per heavy atom. The van der Waals surface area contributed by atoms with Crippen molar-refractivity contribution in [2.24, 2.45) is 0 Å². The van der Waals surface area contributed by atoms with E-state index >= 15 is 0 Å². The van der Waals surface area contributed by atoms with E-state index in [1.54, 1.807) is 7.11 Å². The van der Waals surface area contributed by atoms with E-state index in [-0.39, 0.29) is 5.78 Å². The zero-order valence-corrected chi connectivity index (χ0v) is 11.8. The van der Waals surface area contributed by atoms with Gasteiger partial charge in [-0.15, -0.1) is 0 Å². The number of carbonyl (C=O) groups is 1. The van der Waals surface area contributed by atoms with E-state index < -0.39 is 6.10 Å². The Morgan fingerprint density at radius 1 is 1.10 bits per heavy atom. The molecule has 0 N–H and O–H groups in total. The third kappa shape index (κ3) is 1.95. The van der Waals surface area contributed by atoms with Crippen molar-refractivity contribution in [3.05, 3.63) is 58.7 Å². The van der Waals surface area contributed by atoms with Crippen molar-refractivity contribution < 1.29 is 14.3 Å². The fraction of sp³-hybridized carbons (Fsp3) is 0.235. The maximum atomic E-state index is 12.5. The zero-order chi connectivity index (χ0) is 14.3. The fourth-order valence-corrected chi connectivity index (χ4v) is 2.65. The summed E-state index contributed by atoms with van der Waals surface area (Å²) in [6.45, 7) is 3.95. The van der Waals surface area contributed by atoms with Gasteiger partial charge in [-0.25, -0.2) is 0 Å². The Kier molecular flexibility index (Phi) is 2.97. The Balaban J connectivity index is 1.98. The molecule has 0 aromatic heterocycles. The van der Waals surface area contributed by atoms with Crippen LogP contribution in [0.4, 0.5) is 0 Å². The molecule has 0 saturated carbocycles. The summed E-state index contributed by atoms with van der Waals surface area (Å²) in [6, 6.07) is 11.4. The van der Waals surface area contributed by atoms with Crippen LogP contribution in [0.25, 0.3) is 0 Å². The first-order valence-corrected chi connectivity index (χ1v) is 6.56. The molecule has 3 nitrogen and oxygen atoms in total. The first-order chi connectivity index (χ1) is 9.60. The van der Waals surface area contributed by atoms with E-state index in [0.717, 1.165) is 22.4 Å². The Morgan fingerprint density at radius 3 is 2.45 bits per heavy atom. The molecular formula is C17H16O3. The van der Waals surface area contributed by atoms with Crippen LogP contribution in [0.5, 0.6) is 11.5 Å². The molecule has 0 amide bonds. The minimum atomic E-state index is -0.545. The van der Waals surface area contributed by atoms with E-state index in [1.807, 2.05) is 50.2 Å². The average molecular weight is 268 g/mol. The van der Waals surface area contributed by atoms with Crippen molar-refractivity contribution >= 4 is 5.78 Å². The number of methoxy groups -OCH3 is 1. The van der Waals surface area contributed by atoms with E-state index in [2.05, 4.69) is 0 Å². The summed E-state index contributed by atoms with van der Waals surface area (Å²) in [5, 5.41) is 0. The molecule has 20 heavy (non-hydrogen) atoms. The average Bonchev–Trinajstić information content (AvgIpc) is 2.76. The molecule has 1 atom stereocenters. The van der Waals surface area contributed by atoms with Crippen LogP contribution >= 0.6 is 0 Å². The molecule has 1 heterocycles. The van der Waals surface area contributed by atoms with Crippen molar-refractivity contribution in [3.8, 4) is 11.5 Å². The number of aryl methyl sites for hydroxylation is 2. The highest BCUT2D eigenvalue weighted by atomic mass is 16.5. The van der Waals surface area contributed by atoms with E-state index in [9.17, 15) is 4.79 Å². The maximum Gasteiger partial charge on any atom is 0.211 e. The van der Waals surface area contributed by atoms with E-state index in [4.69, 9.17) is 9.47 Å². The lowest BCUT2D eigenvalue weighted by molar-refractivity contribution is 0.0857. The number of carbonyl (C=O) groups excluding carboxylic acids is 1. The Hall–Kier alpha value is -2.29. The largest absolute Gasteiger partial charge is 0.497 e. The number of ketones is 1. The van der Waals surface area contributed by atoms with Gasteiger partial charge in [-0.3, -0.25) is 4.79 Å². The molecule has 1 aliphatic rings. The SMILES string of the molecule is COc1ccc(C2Oc3cc(C)cc(C)c3C2=O)cc1. The van der Waals surface area contributed by atoms with E-state index in [0.29, 0.717) is 11.3 Å². The lowest BCUT2D eigenvalue weighted by Gasteiger charge is -2.10. The van der Waals surface area contributed by atoms with Crippen LogP contribution in [0, 0.1) is 13.8 Å². The van der Waals surface area contributed by atoms with Gasteiger partial charge in [0, 0.05) is 5.56 Å². The molecular weight excluding hydrogens is 252 g/mol. The van der Waals surface area contributed by atoms with Gasteiger partial charge in [-0.1, -0.05) is 18.2 Å². The van der Waals surface area contributed by atoms with Gasteiger partial charge in [0.1, 0.15) is 11.5 Å². The molecule has 0 saturated heterocycles. The summed E-state index contributed by atoms with van der Waals surface area (Å²) in [7, 11) is 1.62. The highest BCUT2D eigenvalue weighted by molar-refractivity contribution is 6.06. The van der Waals surface area contributed by atoms with E-state index in [1.165, 1.54) is 0 Å². The standard InChI is InChI=1S/C17H16O3/c1-10-8-11(2)15-14(9-10)20-17(16(15)18)12-4-6-13(19-3)7-5-12/h4-9,17H,1-3H3. The number of fused-ring (bicyclic) bond motifs is 1. The second kappa shape index (κ2) is 4.67. The van der Waals surface area contributed by atoms with Crippen molar-refractivity contribution in [1.82, 2.24) is 0 Å². The van der Waals surface area contributed by atoms with Crippen LogP contribution in [-0.4, -0.2) is 12.9 Å². The molecule has 0 spiro atoms. The first-order valence-electron chi connectivity index (χ1n) is 6.56. The molecule has 0 fully saturated rings. The predicted octanol–water partition coefficient (Wildman–Crippen LogP) is 3.63. The molecule has 2 aromatic rings. The van der Waals surface area contributed by atoms with Crippen LogP contribution in [0.15, 0.2) is 36.4 Å². The van der Waals surface area contributed by atoms with Crippen LogP contribution < -0.4 is 9.47 Å². The normalized spacial score (nSPS) is 16.8. The zero-order valence-electron chi connectivity index (χ0n) is 11.8. The number of rotatable bonds is 2. The number of hydrogen-bond donors (Lipinski definition) is 0. The number of ether oxygens (including phenoxy) is 2. The third-order valence-corrected chi connectivity index (χ3v) is 3.59. The van der Waals surface area contributed by atoms with Gasteiger partial charge < -0.3 is 9.47 Å². The molecule has 3 rings (SSSR count). The molecule has 102 valence electrons. The minimum absolute atomic E-state index is 0.0302. The van der Waals surface area contributed by atoms with Crippen molar-refractivity contribution in [2.45, 2.75) is 20.0 Å². The second-order valence-corrected chi connectivity index (χ2v) is 5.09. The summed E-state index contributed by atoms with van der Waals surface area (Å²) >= 11 is 0. The van der Waals surface area contributed by atoms with Gasteiger partial charge in [-0.2, -0.15) is 0 Å². The molecule has 1 unspecified atom stereocenters. The summed E-state index contributed by atoms with van der Waals surface area (Å²) in [4.78, 5) is 12.5. The second-order valence-electron chi connectivity index (χ2n) is 5.09. The summed E-state index contributed by atoms with van der Waals surface area (Å²) in [5.41, 5.74) is 3.63. The van der Waals surface area contributed by atoms with Crippen LogP contribution in [0.3, 0.4) is 0 Å². The molecule has 0 radical (unpaired) electrons. The minimum Gasteiger partial charge on any atom is -0.497 e. The van der Waals surface area contributed by atoms with Crippen molar-refractivity contribution in [1.29, 1.82) is 0 Å². The smallest absolute Gasteiger partial charge is 0.211 e. The van der Waals surface area contributed by atoms with Crippen LogP contribution in [-0.2, 0) is 0 Å². The van der Waals surface area contributed by atoms with Gasteiger partial charge in [0.05, 0.1) is 12.7 Å². The van der Waals surface area contributed by atoms with Gasteiger partial charge in [-0.05, 0) is 43.2 Å². The molecule has 3 heteroatoms. The van der Waals surface area contributed by atoms with Gasteiger partial charge >= 0.3 is 0 Å². The van der Waals surface area contributed by atoms with Gasteiger partial charge in [0.2, 0.25) is 5.78 Å². The highest BCUT2D eigenvalue weighted by Crippen LogP contribution is 2.39. The van der Waals surface area contributed by atoms with Crippen LogP contribution in [0.2, 0.25) is 0 Å². The summed E-state index contributed by atoms with van der Waals surface area (Å²) < 4.78 is 11.0. The van der Waals surface area contributed by atoms with Crippen LogP contribution in [0.1, 0.15) is 33.2 Å². The van der Waals surface area contributed by atoms with Crippen molar-refractivity contribution in [3.63, 3.8) is 0 Å². The quantitative estimate of drug-likeness (QED) is 0.834. The fourth-order valence-electron chi connectivity index (χ4n) is 2.65. The third-order valence-electron chi connectivity index (χ3n) is 3.59. The molecule has 1 aliphatic heterocycles. The highest BCUT2D eigenvalue weighted by Gasteiger charge is 2.35. The van der Waals surface area contributed by atoms with Crippen molar-refractivity contribution in [2.75, 3.05) is 7.11 Å². The topological polar surface area (TPSA) is 35.5 Å². The lowest BCUT2D eigenvalue weighted by Crippen LogP contribution is -2.11.